The van der Waals surface area contributed by atoms with E-state index in [0.29, 0.717) is 17.5 Å². The van der Waals surface area contributed by atoms with Gasteiger partial charge in [-0.3, -0.25) is 4.99 Å². The molecule has 0 saturated heterocycles. The Balaban J connectivity index is 1.07. The summed E-state index contributed by atoms with van der Waals surface area (Å²) in [6.07, 6.45) is 5.61. The first kappa shape index (κ1) is 27.2. The number of thiophene rings is 1. The van der Waals surface area contributed by atoms with Crippen LogP contribution >= 0.6 is 23.1 Å². The van der Waals surface area contributed by atoms with Gasteiger partial charge in [-0.2, -0.15) is 0 Å². The van der Waals surface area contributed by atoms with E-state index in [1.165, 1.54) is 41.8 Å². The van der Waals surface area contributed by atoms with Crippen LogP contribution in [0.3, 0.4) is 0 Å². The second kappa shape index (κ2) is 11.3. The Morgan fingerprint density at radius 3 is 1.80 bits per heavy atom. The average Bonchev–Trinajstić information content (AvgIpc) is 3.73. The van der Waals surface area contributed by atoms with Crippen LogP contribution in [0.1, 0.15) is 17.5 Å². The lowest BCUT2D eigenvalue weighted by atomic mass is 9.96. The molecule has 7 aromatic rings. The van der Waals surface area contributed by atoms with Crippen LogP contribution < -0.4 is 0 Å². The largest absolute Gasteiger partial charge is 0.268 e. The van der Waals surface area contributed by atoms with Gasteiger partial charge in [0.05, 0.1) is 6.04 Å². The minimum absolute atomic E-state index is 0.230. The number of aromatic nitrogens is 3. The molecule has 0 amide bonds. The number of fused-ring (bicyclic) bond motifs is 4. The standard InChI is InChI=1S/C40H26N4S2/c1-4-10-25(11-5-1)37-42-38(26-12-6-2-7-13-26)44-39(43-37)30-16-19-31-32-22-28(18-21-34(32)45-35(31)24-30)29-17-20-33-36(23-29)46-40(41-33)27-14-8-3-9-15-27/h1-19,21-24,33H,20H2. The fourth-order valence-corrected chi connectivity index (χ4v) is 8.36. The van der Waals surface area contributed by atoms with Crippen LogP contribution in [-0.2, 0) is 0 Å². The van der Waals surface area contributed by atoms with Crippen molar-refractivity contribution in [1.82, 2.24) is 15.0 Å². The van der Waals surface area contributed by atoms with Crippen molar-refractivity contribution in [1.29, 1.82) is 0 Å². The molecule has 4 nitrogen and oxygen atoms in total. The van der Waals surface area contributed by atoms with Crippen LogP contribution in [0.4, 0.5) is 0 Å². The quantitative estimate of drug-likeness (QED) is 0.191. The first-order valence-corrected chi connectivity index (χ1v) is 17.0. The van der Waals surface area contributed by atoms with E-state index in [4.69, 9.17) is 19.9 Å². The van der Waals surface area contributed by atoms with Gasteiger partial charge in [0.1, 0.15) is 5.04 Å². The van der Waals surface area contributed by atoms with E-state index in [1.54, 1.807) is 0 Å². The van der Waals surface area contributed by atoms with Crippen LogP contribution in [0.2, 0.25) is 0 Å². The zero-order chi connectivity index (χ0) is 30.5. The Morgan fingerprint density at radius 1 is 0.522 bits per heavy atom. The van der Waals surface area contributed by atoms with E-state index in [2.05, 4.69) is 78.9 Å². The van der Waals surface area contributed by atoms with Gasteiger partial charge in [-0.05, 0) is 41.8 Å². The van der Waals surface area contributed by atoms with Crippen molar-refractivity contribution in [3.63, 3.8) is 0 Å². The Kier molecular flexibility index (Phi) is 6.69. The van der Waals surface area contributed by atoms with Gasteiger partial charge in [0.2, 0.25) is 0 Å². The van der Waals surface area contributed by atoms with Gasteiger partial charge in [-0.25, -0.2) is 15.0 Å². The summed E-state index contributed by atoms with van der Waals surface area (Å²) in [7, 11) is 0. The SMILES string of the molecule is C1=C(c2ccc3sc4cc(-c5nc(-c6ccccc6)nc(-c6ccccc6)n5)ccc4c3c2)C=C2SC(c3ccccc3)=NC2C1. The first-order valence-electron chi connectivity index (χ1n) is 15.3. The summed E-state index contributed by atoms with van der Waals surface area (Å²) in [6.45, 7) is 0. The molecule has 1 aliphatic carbocycles. The molecule has 0 radical (unpaired) electrons. The monoisotopic (exact) mass is 626 g/mol. The second-order valence-electron chi connectivity index (χ2n) is 11.4. The van der Waals surface area contributed by atoms with Gasteiger partial charge in [-0.1, -0.05) is 127 Å². The minimum atomic E-state index is 0.230. The average molecular weight is 627 g/mol. The van der Waals surface area contributed by atoms with E-state index in [9.17, 15) is 0 Å². The van der Waals surface area contributed by atoms with Gasteiger partial charge in [-0.15, -0.1) is 11.3 Å². The lowest BCUT2D eigenvalue weighted by molar-refractivity contribution is 0.829. The van der Waals surface area contributed by atoms with Crippen LogP contribution in [0.15, 0.2) is 149 Å². The van der Waals surface area contributed by atoms with Crippen LogP contribution in [0, 0.1) is 0 Å². The topological polar surface area (TPSA) is 51.0 Å². The molecule has 0 N–H and O–H groups in total. The molecule has 1 atom stereocenters. The zero-order valence-corrected chi connectivity index (χ0v) is 26.3. The van der Waals surface area contributed by atoms with Crippen molar-refractivity contribution in [2.75, 3.05) is 0 Å². The highest BCUT2D eigenvalue weighted by atomic mass is 32.2. The van der Waals surface area contributed by atoms with Gasteiger partial charge in [0.15, 0.2) is 17.5 Å². The molecule has 218 valence electrons. The van der Waals surface area contributed by atoms with E-state index in [0.717, 1.165) is 28.2 Å². The van der Waals surface area contributed by atoms with Crippen molar-refractivity contribution in [2.24, 2.45) is 4.99 Å². The van der Waals surface area contributed by atoms with Crippen molar-refractivity contribution >= 4 is 53.9 Å². The van der Waals surface area contributed by atoms with Crippen LogP contribution in [0.25, 0.3) is 59.9 Å². The predicted octanol–water partition coefficient (Wildman–Crippen LogP) is 10.5. The highest BCUT2D eigenvalue weighted by molar-refractivity contribution is 8.18. The summed E-state index contributed by atoms with van der Waals surface area (Å²) >= 11 is 3.62. The molecular weight excluding hydrogens is 601 g/mol. The third-order valence-corrected chi connectivity index (χ3v) is 10.8. The normalized spacial score (nSPS) is 15.8. The van der Waals surface area contributed by atoms with Crippen molar-refractivity contribution in [2.45, 2.75) is 12.5 Å². The molecule has 0 saturated carbocycles. The predicted molar refractivity (Wildman–Crippen MR) is 194 cm³/mol. The zero-order valence-electron chi connectivity index (χ0n) is 24.7. The maximum atomic E-state index is 5.02. The molecule has 2 aliphatic rings. The number of rotatable bonds is 5. The molecule has 9 rings (SSSR count). The molecule has 5 aromatic carbocycles. The van der Waals surface area contributed by atoms with E-state index < -0.39 is 0 Å². The number of thioether (sulfide) groups is 1. The summed E-state index contributed by atoms with van der Waals surface area (Å²) in [4.78, 5) is 21.1. The van der Waals surface area contributed by atoms with Gasteiger partial charge < -0.3 is 0 Å². The van der Waals surface area contributed by atoms with Gasteiger partial charge >= 0.3 is 0 Å². The highest BCUT2D eigenvalue weighted by Gasteiger charge is 2.27. The number of allylic oxidation sites excluding steroid dienone is 2. The van der Waals surface area contributed by atoms with E-state index in [1.807, 2.05) is 83.8 Å². The van der Waals surface area contributed by atoms with Gasteiger partial charge in [0.25, 0.3) is 0 Å². The third kappa shape index (κ3) is 4.96. The minimum Gasteiger partial charge on any atom is -0.268 e. The number of nitrogens with zero attached hydrogens (tertiary/aromatic N) is 4. The Hall–Kier alpha value is -5.17. The van der Waals surface area contributed by atoms with Crippen LogP contribution in [0.5, 0.6) is 0 Å². The second-order valence-corrected chi connectivity index (χ2v) is 13.6. The molecule has 2 aromatic heterocycles. The number of aliphatic imine (C=N–C) groups is 1. The summed E-state index contributed by atoms with van der Waals surface area (Å²) in [6, 6.07) is 44.4. The maximum absolute atomic E-state index is 5.02. The summed E-state index contributed by atoms with van der Waals surface area (Å²) in [5, 5.41) is 3.64. The highest BCUT2D eigenvalue weighted by Crippen LogP contribution is 2.42. The lowest BCUT2D eigenvalue weighted by Gasteiger charge is -2.15. The van der Waals surface area contributed by atoms with Crippen molar-refractivity contribution < 1.29 is 0 Å². The Morgan fingerprint density at radius 2 is 1.13 bits per heavy atom. The van der Waals surface area contributed by atoms with Crippen LogP contribution in [-0.4, -0.2) is 26.0 Å². The fourth-order valence-electron chi connectivity index (χ4n) is 6.11. The van der Waals surface area contributed by atoms with E-state index in [-0.39, 0.29) is 6.04 Å². The third-order valence-electron chi connectivity index (χ3n) is 8.46. The van der Waals surface area contributed by atoms with Crippen molar-refractivity contribution in [3.05, 3.63) is 156 Å². The molecule has 3 heterocycles. The maximum Gasteiger partial charge on any atom is 0.164 e. The van der Waals surface area contributed by atoms with Gasteiger partial charge in [0, 0.05) is 47.3 Å². The fraction of sp³-hybridized carbons (Fsp3) is 0.0500. The van der Waals surface area contributed by atoms with E-state index >= 15 is 0 Å². The molecule has 6 heteroatoms. The number of benzene rings is 5. The molecule has 1 aliphatic heterocycles. The van der Waals surface area contributed by atoms with Crippen molar-refractivity contribution in [3.8, 4) is 34.2 Å². The molecule has 46 heavy (non-hydrogen) atoms. The molecule has 0 fully saturated rings. The summed E-state index contributed by atoms with van der Waals surface area (Å²) in [5.41, 5.74) is 6.63. The summed E-state index contributed by atoms with van der Waals surface area (Å²) < 4.78 is 2.49. The number of hydrogen-bond donors (Lipinski definition) is 0. The molecule has 0 spiro atoms. The first-order chi connectivity index (χ1) is 22.7. The Labute approximate surface area is 275 Å². The number of hydrogen-bond acceptors (Lipinski definition) is 6. The lowest BCUT2D eigenvalue weighted by Crippen LogP contribution is -2.04. The Bertz CT molecular complexity index is 2300. The molecular formula is C40H26N4S2. The molecule has 0 bridgehead atoms. The summed E-state index contributed by atoms with van der Waals surface area (Å²) in [5.74, 6) is 2.01. The molecule has 1 unspecified atom stereocenters. The smallest absolute Gasteiger partial charge is 0.164 e.